The fraction of sp³-hybridized carbons (Fsp3) is 0.182. The SMILES string of the molecule is [C-]#[N+]c1c(NCC[N+](=O)[O-])sc2ccccc12. The van der Waals surface area contributed by atoms with E-state index in [-0.39, 0.29) is 18.0 Å². The number of nitrogens with zero attached hydrogens (tertiary/aromatic N) is 2. The van der Waals surface area contributed by atoms with Crippen LogP contribution < -0.4 is 5.32 Å². The summed E-state index contributed by atoms with van der Waals surface area (Å²) in [7, 11) is 0. The summed E-state index contributed by atoms with van der Waals surface area (Å²) < 4.78 is 1.02. The zero-order chi connectivity index (χ0) is 12.3. The first-order valence-corrected chi connectivity index (χ1v) is 5.78. The van der Waals surface area contributed by atoms with Crippen molar-refractivity contribution in [2.24, 2.45) is 0 Å². The van der Waals surface area contributed by atoms with Gasteiger partial charge in [-0.1, -0.05) is 18.2 Å². The fourth-order valence-corrected chi connectivity index (χ4v) is 2.59. The molecule has 0 aliphatic rings. The van der Waals surface area contributed by atoms with E-state index in [2.05, 4.69) is 10.2 Å². The predicted octanol–water partition coefficient (Wildman–Crippen LogP) is 3.14. The molecule has 86 valence electrons. The summed E-state index contributed by atoms with van der Waals surface area (Å²) in [6, 6.07) is 7.61. The van der Waals surface area contributed by atoms with Crippen LogP contribution in [0.15, 0.2) is 24.3 Å². The smallest absolute Gasteiger partial charge is 0.228 e. The molecular formula is C11H9N3O2S. The molecule has 0 bridgehead atoms. The van der Waals surface area contributed by atoms with Gasteiger partial charge in [-0.25, -0.2) is 4.85 Å². The molecule has 0 atom stereocenters. The lowest BCUT2D eigenvalue weighted by molar-refractivity contribution is -0.476. The summed E-state index contributed by atoms with van der Waals surface area (Å²) in [5.74, 6) is 0. The maximum Gasteiger partial charge on any atom is 0.228 e. The Hall–Kier alpha value is -2.13. The van der Waals surface area contributed by atoms with Gasteiger partial charge in [0.2, 0.25) is 12.2 Å². The van der Waals surface area contributed by atoms with Gasteiger partial charge in [0.1, 0.15) is 0 Å². The van der Waals surface area contributed by atoms with Gasteiger partial charge in [-0.3, -0.25) is 10.1 Å². The topological polar surface area (TPSA) is 59.5 Å². The van der Waals surface area contributed by atoms with Crippen LogP contribution in [0, 0.1) is 16.7 Å². The van der Waals surface area contributed by atoms with Crippen LogP contribution in [0.2, 0.25) is 0 Å². The Morgan fingerprint density at radius 1 is 1.47 bits per heavy atom. The molecule has 1 heterocycles. The Balaban J connectivity index is 2.28. The summed E-state index contributed by atoms with van der Waals surface area (Å²) in [6.45, 7) is 7.25. The highest BCUT2D eigenvalue weighted by Crippen LogP contribution is 2.41. The highest BCUT2D eigenvalue weighted by atomic mass is 32.1. The highest BCUT2D eigenvalue weighted by molar-refractivity contribution is 7.23. The molecular weight excluding hydrogens is 238 g/mol. The van der Waals surface area contributed by atoms with Crippen molar-refractivity contribution >= 4 is 32.1 Å². The number of benzene rings is 1. The summed E-state index contributed by atoms with van der Waals surface area (Å²) in [5, 5.41) is 14.8. The average Bonchev–Trinajstić information content (AvgIpc) is 2.66. The zero-order valence-corrected chi connectivity index (χ0v) is 9.66. The highest BCUT2D eigenvalue weighted by Gasteiger charge is 2.11. The summed E-state index contributed by atoms with van der Waals surface area (Å²) in [4.78, 5) is 13.3. The van der Waals surface area contributed by atoms with Crippen LogP contribution in [-0.4, -0.2) is 18.0 Å². The molecule has 0 radical (unpaired) electrons. The summed E-state index contributed by atoms with van der Waals surface area (Å²) in [5.41, 5.74) is 0.550. The Morgan fingerprint density at radius 2 is 2.24 bits per heavy atom. The number of thiophene rings is 1. The quantitative estimate of drug-likeness (QED) is 0.513. The largest absolute Gasteiger partial charge is 0.379 e. The predicted molar refractivity (Wildman–Crippen MR) is 68.4 cm³/mol. The van der Waals surface area contributed by atoms with E-state index in [0.29, 0.717) is 10.7 Å². The Bertz CT molecular complexity index is 600. The monoisotopic (exact) mass is 247 g/mol. The first-order chi connectivity index (χ1) is 8.22. The first kappa shape index (κ1) is 11.4. The van der Waals surface area contributed by atoms with Crippen molar-refractivity contribution in [1.29, 1.82) is 0 Å². The Morgan fingerprint density at radius 3 is 2.94 bits per heavy atom. The van der Waals surface area contributed by atoms with Crippen molar-refractivity contribution < 1.29 is 4.92 Å². The van der Waals surface area contributed by atoms with Gasteiger partial charge in [0.05, 0.1) is 18.1 Å². The second-order valence-corrected chi connectivity index (χ2v) is 4.42. The van der Waals surface area contributed by atoms with E-state index in [1.165, 1.54) is 11.3 Å². The zero-order valence-electron chi connectivity index (χ0n) is 8.84. The maximum absolute atomic E-state index is 10.2. The summed E-state index contributed by atoms with van der Waals surface area (Å²) in [6.07, 6.45) is 0. The second kappa shape index (κ2) is 4.80. The molecule has 0 aliphatic heterocycles. The van der Waals surface area contributed by atoms with Gasteiger partial charge >= 0.3 is 0 Å². The van der Waals surface area contributed by atoms with Crippen molar-refractivity contribution in [3.63, 3.8) is 0 Å². The molecule has 2 aromatic rings. The van der Waals surface area contributed by atoms with E-state index in [1.807, 2.05) is 24.3 Å². The average molecular weight is 247 g/mol. The van der Waals surface area contributed by atoms with Crippen LogP contribution in [0.4, 0.5) is 10.7 Å². The molecule has 5 nitrogen and oxygen atoms in total. The number of anilines is 1. The van der Waals surface area contributed by atoms with Gasteiger partial charge < -0.3 is 5.32 Å². The molecule has 0 fully saturated rings. The van der Waals surface area contributed by atoms with Gasteiger partial charge in [-0.2, -0.15) is 0 Å². The van der Waals surface area contributed by atoms with E-state index < -0.39 is 0 Å². The van der Waals surface area contributed by atoms with Crippen molar-refractivity contribution in [3.05, 3.63) is 45.8 Å². The molecule has 1 aromatic carbocycles. The van der Waals surface area contributed by atoms with E-state index in [4.69, 9.17) is 6.57 Å². The van der Waals surface area contributed by atoms with Crippen LogP contribution in [-0.2, 0) is 0 Å². The van der Waals surface area contributed by atoms with Gasteiger partial charge in [0.15, 0.2) is 0 Å². The van der Waals surface area contributed by atoms with Gasteiger partial charge in [-0.05, 0) is 6.07 Å². The third kappa shape index (κ3) is 2.34. The van der Waals surface area contributed by atoms with E-state index >= 15 is 0 Å². The third-order valence-electron chi connectivity index (χ3n) is 2.26. The van der Waals surface area contributed by atoms with Crippen molar-refractivity contribution in [2.45, 2.75) is 0 Å². The number of hydrogen-bond donors (Lipinski definition) is 1. The number of rotatable bonds is 4. The lowest BCUT2D eigenvalue weighted by atomic mass is 10.2. The molecule has 0 aliphatic carbocycles. The van der Waals surface area contributed by atoms with Gasteiger partial charge in [0, 0.05) is 15.0 Å². The first-order valence-electron chi connectivity index (χ1n) is 4.97. The Labute approximate surface area is 102 Å². The Kier molecular flexibility index (Phi) is 3.21. The number of nitro groups is 1. The van der Waals surface area contributed by atoms with Crippen LogP contribution >= 0.6 is 11.3 Å². The molecule has 0 saturated heterocycles. The molecule has 0 amide bonds. The van der Waals surface area contributed by atoms with Crippen molar-refractivity contribution in [1.82, 2.24) is 0 Å². The molecule has 1 N–H and O–H groups in total. The fourth-order valence-electron chi connectivity index (χ4n) is 1.52. The lowest BCUT2D eigenvalue weighted by Gasteiger charge is -1.99. The summed E-state index contributed by atoms with van der Waals surface area (Å²) >= 11 is 1.45. The third-order valence-corrected chi connectivity index (χ3v) is 3.38. The van der Waals surface area contributed by atoms with E-state index in [1.54, 1.807) is 0 Å². The van der Waals surface area contributed by atoms with Crippen LogP contribution in [0.3, 0.4) is 0 Å². The molecule has 6 heteroatoms. The standard InChI is InChI=1S/C11H9N3O2S/c1-12-10-8-4-2-3-5-9(8)17-11(10)13-6-7-14(15)16/h2-5,13H,6-7H2. The maximum atomic E-state index is 10.2. The minimum absolute atomic E-state index is 0.147. The van der Waals surface area contributed by atoms with E-state index in [9.17, 15) is 10.1 Å². The van der Waals surface area contributed by atoms with Crippen LogP contribution in [0.25, 0.3) is 14.9 Å². The van der Waals surface area contributed by atoms with E-state index in [0.717, 1.165) is 10.1 Å². The molecule has 0 unspecified atom stereocenters. The minimum atomic E-state index is -0.377. The normalized spacial score (nSPS) is 10.1. The van der Waals surface area contributed by atoms with Crippen molar-refractivity contribution in [3.8, 4) is 0 Å². The van der Waals surface area contributed by atoms with Gasteiger partial charge in [0.25, 0.3) is 0 Å². The number of nitrogens with one attached hydrogen (secondary N) is 1. The molecule has 0 saturated carbocycles. The minimum Gasteiger partial charge on any atom is -0.379 e. The number of fused-ring (bicyclic) bond motifs is 1. The van der Waals surface area contributed by atoms with Gasteiger partial charge in [-0.15, -0.1) is 11.3 Å². The second-order valence-electron chi connectivity index (χ2n) is 3.37. The van der Waals surface area contributed by atoms with Crippen molar-refractivity contribution in [2.75, 3.05) is 18.4 Å². The molecule has 2 rings (SSSR count). The molecule has 17 heavy (non-hydrogen) atoms. The van der Waals surface area contributed by atoms with Crippen LogP contribution in [0.1, 0.15) is 0 Å². The molecule has 0 spiro atoms. The lowest BCUT2D eigenvalue weighted by Crippen LogP contribution is -2.12. The number of hydrogen-bond acceptors (Lipinski definition) is 4. The van der Waals surface area contributed by atoms with Crippen LogP contribution in [0.5, 0.6) is 0 Å². The molecule has 1 aromatic heterocycles.